The number of para-hydroxylation sites is 1. The van der Waals surface area contributed by atoms with Gasteiger partial charge in [-0.25, -0.2) is 4.39 Å². The van der Waals surface area contributed by atoms with E-state index in [1.807, 2.05) is 31.2 Å². The van der Waals surface area contributed by atoms with E-state index < -0.39 is 0 Å². The first-order valence-electron chi connectivity index (χ1n) is 5.49. The molecule has 2 aromatic carbocycles. The van der Waals surface area contributed by atoms with Crippen molar-refractivity contribution in [3.05, 3.63) is 48.3 Å². The molecule has 0 atom stereocenters. The first-order chi connectivity index (χ1) is 8.22. The topological polar surface area (TPSA) is 35.2 Å². The number of benzene rings is 2. The molecule has 88 valence electrons. The summed E-state index contributed by atoms with van der Waals surface area (Å²) in [6.07, 6.45) is 0. The lowest BCUT2D eigenvalue weighted by Gasteiger charge is -2.11. The van der Waals surface area contributed by atoms with Gasteiger partial charge in [0.25, 0.3) is 0 Å². The summed E-state index contributed by atoms with van der Waals surface area (Å²) in [6, 6.07) is 12.0. The molecule has 0 unspecified atom stereocenters. The highest BCUT2D eigenvalue weighted by Gasteiger charge is 2.08. The van der Waals surface area contributed by atoms with Gasteiger partial charge in [0.1, 0.15) is 11.6 Å². The largest absolute Gasteiger partial charge is 0.493 e. The highest BCUT2D eigenvalue weighted by Crippen LogP contribution is 2.33. The van der Waals surface area contributed by atoms with Crippen molar-refractivity contribution < 1.29 is 9.13 Å². The third-order valence-corrected chi connectivity index (χ3v) is 2.49. The van der Waals surface area contributed by atoms with E-state index in [4.69, 9.17) is 10.5 Å². The summed E-state index contributed by atoms with van der Waals surface area (Å²) < 4.78 is 18.5. The molecule has 17 heavy (non-hydrogen) atoms. The molecular formula is C14H14FNO. The van der Waals surface area contributed by atoms with E-state index in [0.29, 0.717) is 12.3 Å². The van der Waals surface area contributed by atoms with Crippen LogP contribution in [0.4, 0.5) is 10.1 Å². The second kappa shape index (κ2) is 4.87. The van der Waals surface area contributed by atoms with E-state index >= 15 is 0 Å². The van der Waals surface area contributed by atoms with Gasteiger partial charge in [-0.3, -0.25) is 0 Å². The van der Waals surface area contributed by atoms with Gasteiger partial charge < -0.3 is 10.5 Å². The van der Waals surface area contributed by atoms with Crippen molar-refractivity contribution in [3.8, 4) is 16.9 Å². The Morgan fingerprint density at radius 3 is 2.59 bits per heavy atom. The number of halogens is 1. The summed E-state index contributed by atoms with van der Waals surface area (Å²) in [7, 11) is 0. The van der Waals surface area contributed by atoms with Crippen LogP contribution in [0.1, 0.15) is 6.92 Å². The van der Waals surface area contributed by atoms with Crippen LogP contribution in [0.5, 0.6) is 5.75 Å². The van der Waals surface area contributed by atoms with E-state index in [9.17, 15) is 4.39 Å². The predicted octanol–water partition coefficient (Wildman–Crippen LogP) is 3.47. The Labute approximate surface area is 99.8 Å². The maximum Gasteiger partial charge on any atom is 0.127 e. The van der Waals surface area contributed by atoms with Crippen molar-refractivity contribution in [2.45, 2.75) is 6.92 Å². The standard InChI is InChI=1S/C14H14FNO/c1-2-17-14-6-4-3-5-12(14)11-8-7-10(15)9-13(11)16/h3-9H,2,16H2,1H3. The minimum absolute atomic E-state index is 0.333. The molecule has 0 aliphatic rings. The number of anilines is 1. The van der Waals surface area contributed by atoms with Crippen LogP contribution in [0.15, 0.2) is 42.5 Å². The average Bonchev–Trinajstić information content (AvgIpc) is 2.31. The monoisotopic (exact) mass is 231 g/mol. The predicted molar refractivity (Wildman–Crippen MR) is 67.4 cm³/mol. The molecule has 2 rings (SSSR count). The van der Waals surface area contributed by atoms with Crippen LogP contribution in [0.2, 0.25) is 0 Å². The molecule has 0 bridgehead atoms. The number of nitrogens with two attached hydrogens (primary N) is 1. The third kappa shape index (κ3) is 2.38. The molecule has 0 heterocycles. The zero-order chi connectivity index (χ0) is 12.3. The van der Waals surface area contributed by atoms with Gasteiger partial charge in [0.05, 0.1) is 6.61 Å². The van der Waals surface area contributed by atoms with Crippen molar-refractivity contribution in [3.63, 3.8) is 0 Å². The van der Waals surface area contributed by atoms with Crippen molar-refractivity contribution >= 4 is 5.69 Å². The zero-order valence-electron chi connectivity index (χ0n) is 9.61. The molecule has 0 aliphatic heterocycles. The molecule has 3 heteroatoms. The maximum atomic E-state index is 13.0. The minimum atomic E-state index is -0.333. The van der Waals surface area contributed by atoms with E-state index in [-0.39, 0.29) is 5.82 Å². The molecule has 0 spiro atoms. The molecular weight excluding hydrogens is 217 g/mol. The number of hydrogen-bond donors (Lipinski definition) is 1. The normalized spacial score (nSPS) is 10.2. The fourth-order valence-corrected chi connectivity index (χ4v) is 1.75. The van der Waals surface area contributed by atoms with Gasteiger partial charge in [0, 0.05) is 16.8 Å². The molecule has 2 N–H and O–H groups in total. The molecule has 0 saturated carbocycles. The first kappa shape index (κ1) is 11.5. The summed E-state index contributed by atoms with van der Waals surface area (Å²) in [4.78, 5) is 0. The first-order valence-corrected chi connectivity index (χ1v) is 5.49. The molecule has 2 nitrogen and oxygen atoms in total. The maximum absolute atomic E-state index is 13.0. The fourth-order valence-electron chi connectivity index (χ4n) is 1.75. The van der Waals surface area contributed by atoms with Gasteiger partial charge in [-0.05, 0) is 31.2 Å². The summed E-state index contributed by atoms with van der Waals surface area (Å²) in [5, 5.41) is 0. The van der Waals surface area contributed by atoms with Gasteiger partial charge in [-0.15, -0.1) is 0 Å². The van der Waals surface area contributed by atoms with Crippen LogP contribution >= 0.6 is 0 Å². The van der Waals surface area contributed by atoms with Crippen LogP contribution in [0.3, 0.4) is 0 Å². The van der Waals surface area contributed by atoms with Gasteiger partial charge >= 0.3 is 0 Å². The average molecular weight is 231 g/mol. The lowest BCUT2D eigenvalue weighted by Crippen LogP contribution is -1.96. The molecule has 0 aliphatic carbocycles. The number of hydrogen-bond acceptors (Lipinski definition) is 2. The van der Waals surface area contributed by atoms with Crippen molar-refractivity contribution in [2.24, 2.45) is 0 Å². The Hall–Kier alpha value is -2.03. The summed E-state index contributed by atoms with van der Waals surface area (Å²) in [5.74, 6) is 0.424. The summed E-state index contributed by atoms with van der Waals surface area (Å²) in [5.41, 5.74) is 7.91. The van der Waals surface area contributed by atoms with Crippen molar-refractivity contribution in [1.82, 2.24) is 0 Å². The molecule has 0 fully saturated rings. The lowest BCUT2D eigenvalue weighted by molar-refractivity contribution is 0.341. The second-order valence-corrected chi connectivity index (χ2v) is 3.66. The Kier molecular flexibility index (Phi) is 3.28. The van der Waals surface area contributed by atoms with Crippen LogP contribution in [0, 0.1) is 5.82 Å². The van der Waals surface area contributed by atoms with Crippen LogP contribution in [-0.2, 0) is 0 Å². The Bertz CT molecular complexity index is 525. The van der Waals surface area contributed by atoms with Crippen LogP contribution in [-0.4, -0.2) is 6.61 Å². The molecule has 0 radical (unpaired) electrons. The molecule has 2 aromatic rings. The smallest absolute Gasteiger partial charge is 0.127 e. The van der Waals surface area contributed by atoms with E-state index in [1.54, 1.807) is 6.07 Å². The number of rotatable bonds is 3. The minimum Gasteiger partial charge on any atom is -0.493 e. The lowest BCUT2D eigenvalue weighted by atomic mass is 10.0. The highest BCUT2D eigenvalue weighted by atomic mass is 19.1. The fraction of sp³-hybridized carbons (Fsp3) is 0.143. The number of nitrogen functional groups attached to an aromatic ring is 1. The van der Waals surface area contributed by atoms with Crippen LogP contribution in [0.25, 0.3) is 11.1 Å². The van der Waals surface area contributed by atoms with Gasteiger partial charge in [-0.2, -0.15) is 0 Å². The third-order valence-electron chi connectivity index (χ3n) is 2.49. The Morgan fingerprint density at radius 2 is 1.88 bits per heavy atom. The van der Waals surface area contributed by atoms with Crippen molar-refractivity contribution in [1.29, 1.82) is 0 Å². The molecule has 0 saturated heterocycles. The zero-order valence-corrected chi connectivity index (χ0v) is 9.61. The number of ether oxygens (including phenoxy) is 1. The van der Waals surface area contributed by atoms with E-state index in [2.05, 4.69) is 0 Å². The molecule has 0 amide bonds. The van der Waals surface area contributed by atoms with Crippen LogP contribution < -0.4 is 10.5 Å². The summed E-state index contributed by atoms with van der Waals surface area (Å²) >= 11 is 0. The molecule has 0 aromatic heterocycles. The Morgan fingerprint density at radius 1 is 1.12 bits per heavy atom. The second-order valence-electron chi connectivity index (χ2n) is 3.66. The van der Waals surface area contributed by atoms with Gasteiger partial charge in [-0.1, -0.05) is 18.2 Å². The van der Waals surface area contributed by atoms with Gasteiger partial charge in [0.15, 0.2) is 0 Å². The quantitative estimate of drug-likeness (QED) is 0.821. The highest BCUT2D eigenvalue weighted by molar-refractivity contribution is 5.80. The Balaban J connectivity index is 2.52. The van der Waals surface area contributed by atoms with E-state index in [0.717, 1.165) is 16.9 Å². The van der Waals surface area contributed by atoms with E-state index in [1.165, 1.54) is 12.1 Å². The summed E-state index contributed by atoms with van der Waals surface area (Å²) in [6.45, 7) is 2.50. The SMILES string of the molecule is CCOc1ccccc1-c1ccc(F)cc1N. The van der Waals surface area contributed by atoms with Gasteiger partial charge in [0.2, 0.25) is 0 Å². The van der Waals surface area contributed by atoms with Crippen molar-refractivity contribution in [2.75, 3.05) is 12.3 Å².